The lowest BCUT2D eigenvalue weighted by Gasteiger charge is -2.15. The van der Waals surface area contributed by atoms with Crippen LogP contribution < -0.4 is 0 Å². The van der Waals surface area contributed by atoms with Gasteiger partial charge in [0.05, 0.1) is 23.4 Å². The van der Waals surface area contributed by atoms with E-state index in [1.54, 1.807) is 0 Å². The highest BCUT2D eigenvalue weighted by molar-refractivity contribution is 5.96. The minimum Gasteiger partial charge on any atom is -0.353 e. The Hall–Kier alpha value is -2.47. The van der Waals surface area contributed by atoms with E-state index in [9.17, 15) is 14.9 Å². The Bertz CT molecular complexity index is 607. The van der Waals surface area contributed by atoms with E-state index < -0.39 is 4.92 Å². The number of carbonyl (C=O) groups excluding carboxylic acids is 1. The molecule has 0 unspecified atom stereocenters. The van der Waals surface area contributed by atoms with Gasteiger partial charge in [-0.05, 0) is 12.6 Å². The van der Waals surface area contributed by atoms with Crippen molar-refractivity contribution in [2.24, 2.45) is 0 Å². The zero-order chi connectivity index (χ0) is 14.5. The molecule has 0 aliphatic carbocycles. The van der Waals surface area contributed by atoms with Gasteiger partial charge >= 0.3 is 0 Å². The molecule has 1 aromatic carbocycles. The van der Waals surface area contributed by atoms with Crippen molar-refractivity contribution in [3.05, 3.63) is 64.0 Å². The molecule has 6 heteroatoms. The number of nitro groups is 1. The van der Waals surface area contributed by atoms with Crippen molar-refractivity contribution >= 4 is 11.5 Å². The molecule has 2 rings (SSSR count). The number of nitrogens with zero attached hydrogens (tertiary/aromatic N) is 2. The number of carbonyl (C=O) groups is 1. The maximum Gasteiger partial charge on any atom is 0.287 e. The Morgan fingerprint density at radius 3 is 2.65 bits per heavy atom. The minimum absolute atomic E-state index is 0.0981. The highest BCUT2D eigenvalue weighted by Crippen LogP contribution is 2.13. The molecule has 104 valence electrons. The van der Waals surface area contributed by atoms with Crippen LogP contribution in [0.5, 0.6) is 0 Å². The van der Waals surface area contributed by atoms with Crippen molar-refractivity contribution in [1.82, 2.24) is 9.88 Å². The molecular formula is C14H15N3O3. The standard InChI is InChI=1S/C14H15N3O3/c1-16(9-11-5-3-2-4-6-11)10-14(18)13-7-12(8-15-13)17(19)20/h2-8,15H,9-10H2,1H3. The predicted octanol–water partition coefficient (Wildman–Crippen LogP) is 2.24. The lowest BCUT2D eigenvalue weighted by Crippen LogP contribution is -2.25. The molecule has 1 N–H and O–H groups in total. The molecule has 0 spiro atoms. The molecule has 0 atom stereocenters. The number of rotatable bonds is 6. The van der Waals surface area contributed by atoms with Gasteiger partial charge in [0, 0.05) is 12.6 Å². The van der Waals surface area contributed by atoms with Crippen LogP contribution >= 0.6 is 0 Å². The zero-order valence-electron chi connectivity index (χ0n) is 11.1. The number of aromatic amines is 1. The number of benzene rings is 1. The van der Waals surface area contributed by atoms with Crippen molar-refractivity contribution in [3.63, 3.8) is 0 Å². The van der Waals surface area contributed by atoms with Crippen LogP contribution in [0.1, 0.15) is 16.1 Å². The number of likely N-dealkylation sites (N-methyl/N-ethyl adjacent to an activating group) is 1. The van der Waals surface area contributed by atoms with Crippen molar-refractivity contribution in [3.8, 4) is 0 Å². The number of H-pyrrole nitrogens is 1. The first-order valence-corrected chi connectivity index (χ1v) is 6.15. The summed E-state index contributed by atoms with van der Waals surface area (Å²) in [5, 5.41) is 10.6. The van der Waals surface area contributed by atoms with Crippen LogP contribution in [0.15, 0.2) is 42.6 Å². The summed E-state index contributed by atoms with van der Waals surface area (Å²) in [4.78, 5) is 26.5. The highest BCUT2D eigenvalue weighted by atomic mass is 16.6. The fourth-order valence-electron chi connectivity index (χ4n) is 1.93. The molecule has 6 nitrogen and oxygen atoms in total. The summed E-state index contributed by atoms with van der Waals surface area (Å²) >= 11 is 0. The van der Waals surface area contributed by atoms with Gasteiger partial charge in [-0.15, -0.1) is 0 Å². The summed E-state index contributed by atoms with van der Waals surface area (Å²) in [6, 6.07) is 11.1. The molecule has 0 fully saturated rings. The van der Waals surface area contributed by atoms with E-state index in [-0.39, 0.29) is 23.7 Å². The molecular weight excluding hydrogens is 258 g/mol. The average molecular weight is 273 g/mol. The molecule has 2 aromatic rings. The van der Waals surface area contributed by atoms with Gasteiger partial charge in [0.1, 0.15) is 0 Å². The molecule has 0 saturated carbocycles. The Morgan fingerprint density at radius 2 is 2.05 bits per heavy atom. The summed E-state index contributed by atoms with van der Waals surface area (Å²) in [6.07, 6.45) is 1.23. The van der Waals surface area contributed by atoms with Crippen LogP contribution in [0.3, 0.4) is 0 Å². The van der Waals surface area contributed by atoms with Crippen LogP contribution in [0.25, 0.3) is 0 Å². The third-order valence-corrected chi connectivity index (χ3v) is 2.89. The maximum absolute atomic E-state index is 12.0. The number of nitrogens with one attached hydrogen (secondary N) is 1. The average Bonchev–Trinajstić information content (AvgIpc) is 2.89. The fourth-order valence-corrected chi connectivity index (χ4v) is 1.93. The van der Waals surface area contributed by atoms with Gasteiger partial charge in [0.25, 0.3) is 5.69 Å². The van der Waals surface area contributed by atoms with E-state index in [2.05, 4.69) is 4.98 Å². The second-order valence-corrected chi connectivity index (χ2v) is 4.61. The minimum atomic E-state index is -0.527. The van der Waals surface area contributed by atoms with Crippen molar-refractivity contribution in [1.29, 1.82) is 0 Å². The summed E-state index contributed by atoms with van der Waals surface area (Å²) in [7, 11) is 1.84. The molecule has 0 radical (unpaired) electrons. The van der Waals surface area contributed by atoms with Gasteiger partial charge in [-0.2, -0.15) is 0 Å². The molecule has 0 saturated heterocycles. The largest absolute Gasteiger partial charge is 0.353 e. The van der Waals surface area contributed by atoms with E-state index in [0.29, 0.717) is 6.54 Å². The van der Waals surface area contributed by atoms with Crippen LogP contribution in [0, 0.1) is 10.1 Å². The number of hydrogen-bond donors (Lipinski definition) is 1. The van der Waals surface area contributed by atoms with E-state index in [0.717, 1.165) is 5.56 Å². The molecule has 0 aliphatic heterocycles. The molecule has 20 heavy (non-hydrogen) atoms. The second kappa shape index (κ2) is 6.12. The Balaban J connectivity index is 1.95. The maximum atomic E-state index is 12.0. The van der Waals surface area contributed by atoms with Crippen LogP contribution in [-0.2, 0) is 6.54 Å². The van der Waals surface area contributed by atoms with E-state index in [4.69, 9.17) is 0 Å². The monoisotopic (exact) mass is 273 g/mol. The lowest BCUT2D eigenvalue weighted by atomic mass is 10.2. The molecule has 0 amide bonds. The summed E-state index contributed by atoms with van der Waals surface area (Å²) in [6.45, 7) is 0.849. The van der Waals surface area contributed by atoms with Crippen molar-refractivity contribution in [2.75, 3.05) is 13.6 Å². The summed E-state index contributed by atoms with van der Waals surface area (Å²) < 4.78 is 0. The summed E-state index contributed by atoms with van der Waals surface area (Å²) in [5.41, 5.74) is 1.27. The second-order valence-electron chi connectivity index (χ2n) is 4.61. The molecule has 1 heterocycles. The van der Waals surface area contributed by atoms with E-state index in [1.165, 1.54) is 12.3 Å². The summed E-state index contributed by atoms with van der Waals surface area (Å²) in [5.74, 6) is -0.170. The van der Waals surface area contributed by atoms with Crippen molar-refractivity contribution < 1.29 is 9.72 Å². The van der Waals surface area contributed by atoms with Crippen LogP contribution in [-0.4, -0.2) is 34.2 Å². The number of aromatic nitrogens is 1. The number of ketones is 1. The first-order valence-electron chi connectivity index (χ1n) is 6.15. The zero-order valence-corrected chi connectivity index (χ0v) is 11.1. The Morgan fingerprint density at radius 1 is 1.35 bits per heavy atom. The van der Waals surface area contributed by atoms with Crippen LogP contribution in [0.4, 0.5) is 5.69 Å². The van der Waals surface area contributed by atoms with Gasteiger partial charge in [0.15, 0.2) is 5.78 Å². The lowest BCUT2D eigenvalue weighted by molar-refractivity contribution is -0.384. The van der Waals surface area contributed by atoms with Gasteiger partial charge in [-0.1, -0.05) is 30.3 Å². The third-order valence-electron chi connectivity index (χ3n) is 2.89. The SMILES string of the molecule is CN(CC(=O)c1cc([N+](=O)[O-])c[nH]1)Cc1ccccc1. The quantitative estimate of drug-likeness (QED) is 0.497. The smallest absolute Gasteiger partial charge is 0.287 e. The van der Waals surface area contributed by atoms with Gasteiger partial charge in [0.2, 0.25) is 0 Å². The van der Waals surface area contributed by atoms with Crippen LogP contribution in [0.2, 0.25) is 0 Å². The Labute approximate surface area is 116 Å². The Kier molecular flexibility index (Phi) is 4.27. The number of Topliss-reactive ketones (excluding diaryl/α,β-unsaturated/α-hetero) is 1. The fraction of sp³-hybridized carbons (Fsp3) is 0.214. The third kappa shape index (κ3) is 3.52. The topological polar surface area (TPSA) is 79.2 Å². The highest BCUT2D eigenvalue weighted by Gasteiger charge is 2.15. The van der Waals surface area contributed by atoms with E-state index in [1.807, 2.05) is 42.3 Å². The molecule has 1 aromatic heterocycles. The van der Waals surface area contributed by atoms with Gasteiger partial charge < -0.3 is 4.98 Å². The first kappa shape index (κ1) is 14.0. The normalized spacial score (nSPS) is 10.7. The molecule has 0 aliphatic rings. The van der Waals surface area contributed by atoms with Gasteiger partial charge in [-0.3, -0.25) is 19.8 Å². The molecule has 0 bridgehead atoms. The van der Waals surface area contributed by atoms with Gasteiger partial charge in [-0.25, -0.2) is 0 Å². The van der Waals surface area contributed by atoms with E-state index >= 15 is 0 Å². The van der Waals surface area contributed by atoms with Crippen molar-refractivity contribution in [2.45, 2.75) is 6.54 Å². The first-order chi connectivity index (χ1) is 9.56. The predicted molar refractivity (Wildman–Crippen MR) is 74.6 cm³/mol. The number of hydrogen-bond acceptors (Lipinski definition) is 4.